The molecule has 7 rings (SSSR count). The van der Waals surface area contributed by atoms with Crippen LogP contribution in [0.25, 0.3) is 45.3 Å². The van der Waals surface area contributed by atoms with Crippen molar-refractivity contribution in [3.8, 4) is 56.8 Å². The molecule has 1 amide bonds. The Balaban J connectivity index is 0.983. The molecule has 0 saturated carbocycles. The number of amides is 1. The molecule has 77 heavy (non-hydrogen) atoms. The van der Waals surface area contributed by atoms with Gasteiger partial charge in [-0.25, -0.2) is 28.4 Å². The summed E-state index contributed by atoms with van der Waals surface area (Å²) in [6.45, 7) is 3.91. The Bertz CT molecular complexity index is 2980. The summed E-state index contributed by atoms with van der Waals surface area (Å²) in [7, 11) is 1.63. The van der Waals surface area contributed by atoms with E-state index in [-0.39, 0.29) is 49.0 Å². The molecule has 3 unspecified atom stereocenters. The number of pyridine rings is 1. The molecular formula is C54H65F3N10O9S. The highest BCUT2D eigenvalue weighted by atomic mass is 32.2. The molecule has 0 radical (unpaired) electrons. The lowest BCUT2D eigenvalue weighted by molar-refractivity contribution is -0.141. The van der Waals surface area contributed by atoms with Crippen molar-refractivity contribution in [2.45, 2.75) is 36.1 Å². The number of likely N-dealkylation sites (N-methyl/N-ethyl adjacent to an activating group) is 2. The minimum absolute atomic E-state index is 0.0158. The molecule has 0 spiro atoms. The van der Waals surface area contributed by atoms with Gasteiger partial charge in [0.15, 0.2) is 21.5 Å². The lowest BCUT2D eigenvalue weighted by Gasteiger charge is -2.25. The maximum Gasteiger partial charge on any atom is 0.433 e. The number of nitrogens with zero attached hydrogens (tertiary/aromatic N) is 7. The highest BCUT2D eigenvalue weighted by molar-refractivity contribution is 7.90. The van der Waals surface area contributed by atoms with Crippen LogP contribution in [0.3, 0.4) is 0 Å². The molecule has 412 valence electrons. The van der Waals surface area contributed by atoms with Crippen LogP contribution in [-0.2, 0) is 30.3 Å². The summed E-state index contributed by atoms with van der Waals surface area (Å²) in [6.07, 6.45) is -2.62. The van der Waals surface area contributed by atoms with Crippen molar-refractivity contribution in [3.05, 3.63) is 109 Å². The third kappa shape index (κ3) is 16.8. The lowest BCUT2D eigenvalue weighted by atomic mass is 10.1. The number of anilines is 2. The fourth-order valence-corrected chi connectivity index (χ4v) is 8.94. The number of aliphatic hydroxyl groups is 2. The van der Waals surface area contributed by atoms with Crippen LogP contribution in [0.5, 0.6) is 11.5 Å². The number of rotatable bonds is 29. The summed E-state index contributed by atoms with van der Waals surface area (Å²) < 4.78 is 88.0. The summed E-state index contributed by atoms with van der Waals surface area (Å²) in [5.74, 6) is 2.26. The Kier molecular flexibility index (Phi) is 20.6. The molecule has 1 aliphatic heterocycles. The zero-order chi connectivity index (χ0) is 55.0. The van der Waals surface area contributed by atoms with Crippen LogP contribution < -0.4 is 30.3 Å². The third-order valence-electron chi connectivity index (χ3n) is 12.3. The fourth-order valence-electron chi connectivity index (χ4n) is 8.31. The van der Waals surface area contributed by atoms with E-state index in [1.165, 1.54) is 18.2 Å². The molecule has 4 heterocycles. The number of likely N-dealkylation sites (tertiary alicyclic amines) is 1. The predicted molar refractivity (Wildman–Crippen MR) is 285 cm³/mol. The second-order valence-corrected chi connectivity index (χ2v) is 20.4. The van der Waals surface area contributed by atoms with Crippen LogP contribution in [0.1, 0.15) is 18.5 Å². The smallest absolute Gasteiger partial charge is 0.433 e. The largest absolute Gasteiger partial charge is 0.491 e. The number of halogens is 3. The standard InChI is InChI=1S/C54H65F3N10O9S/c1-58-31-41(68)34-75-43-10-5-8-37(26-43)51-62-46(39-14-17-48(61-30-39)54(55,56)57)28-49(64-51)60-19-7-20-67-21-18-40(53(67)70)33-74-25-23-66(22-24-73-3)50-29-47(36-12-15-45(16-13-36)77(4,71)72)63-52(65-50)38-9-6-11-44(27-38)76-35-42(69)32-59-2/h5-6,8-17,26-30,40-42,58-59,68-69H,7,18-25,31-35H2,1-4H3,(H,60,62,64). The van der Waals surface area contributed by atoms with Crippen LogP contribution in [0.15, 0.2) is 108 Å². The number of methoxy groups -OCH3 is 1. The average molecular weight is 1090 g/mol. The third-order valence-corrected chi connectivity index (χ3v) is 13.5. The van der Waals surface area contributed by atoms with Gasteiger partial charge in [0.25, 0.3) is 0 Å². The molecule has 5 N–H and O–H groups in total. The van der Waals surface area contributed by atoms with Gasteiger partial charge >= 0.3 is 6.18 Å². The first-order valence-corrected chi connectivity index (χ1v) is 27.0. The molecule has 3 aromatic carbocycles. The Morgan fingerprint density at radius 1 is 0.779 bits per heavy atom. The molecule has 6 aromatic rings. The van der Waals surface area contributed by atoms with Gasteiger partial charge in [-0.2, -0.15) is 13.2 Å². The SMILES string of the molecule is CNCC(O)COc1cccc(-c2nc(NCCCN3CCC(COCCN(CCOC)c4cc(-c5ccc(S(C)(=O)=O)cc5)nc(-c5cccc(OCC(O)CNC)c5)n4)C3=O)cc(-c3ccc(C(F)(F)F)nc3)n2)c1. The van der Waals surface area contributed by atoms with Gasteiger partial charge in [0, 0.05) is 99.8 Å². The van der Waals surface area contributed by atoms with Crippen molar-refractivity contribution >= 4 is 27.4 Å². The van der Waals surface area contributed by atoms with Gasteiger partial charge in [0.2, 0.25) is 5.91 Å². The molecule has 3 atom stereocenters. The first-order valence-electron chi connectivity index (χ1n) is 25.1. The molecule has 3 aromatic heterocycles. The van der Waals surface area contributed by atoms with E-state index in [1.54, 1.807) is 80.7 Å². The van der Waals surface area contributed by atoms with Gasteiger partial charge in [0.05, 0.1) is 42.0 Å². The van der Waals surface area contributed by atoms with E-state index in [4.69, 9.17) is 33.9 Å². The highest BCUT2D eigenvalue weighted by Crippen LogP contribution is 2.32. The fraction of sp³-hybridized carbons (Fsp3) is 0.407. The van der Waals surface area contributed by atoms with Gasteiger partial charge in [-0.15, -0.1) is 0 Å². The van der Waals surface area contributed by atoms with Crippen LogP contribution in [0.2, 0.25) is 0 Å². The maximum atomic E-state index is 13.6. The van der Waals surface area contributed by atoms with Crippen molar-refractivity contribution in [2.75, 3.05) is 117 Å². The van der Waals surface area contributed by atoms with Gasteiger partial charge in [0.1, 0.15) is 54.3 Å². The number of carbonyl (C=O) groups is 1. The van der Waals surface area contributed by atoms with Crippen LogP contribution >= 0.6 is 0 Å². The van der Waals surface area contributed by atoms with Gasteiger partial charge < -0.3 is 54.9 Å². The highest BCUT2D eigenvalue weighted by Gasteiger charge is 2.33. The number of benzene rings is 3. The topological polar surface area (TPSA) is 236 Å². The van der Waals surface area contributed by atoms with Crippen molar-refractivity contribution in [1.82, 2.24) is 40.5 Å². The lowest BCUT2D eigenvalue weighted by Crippen LogP contribution is -2.33. The van der Waals surface area contributed by atoms with Crippen LogP contribution in [-0.4, -0.2) is 173 Å². The molecule has 23 heteroatoms. The number of aromatic nitrogens is 5. The second-order valence-electron chi connectivity index (χ2n) is 18.4. The summed E-state index contributed by atoms with van der Waals surface area (Å²) >= 11 is 0. The quantitative estimate of drug-likeness (QED) is 0.0365. The van der Waals surface area contributed by atoms with E-state index >= 15 is 0 Å². The van der Waals surface area contributed by atoms with E-state index in [9.17, 15) is 36.6 Å². The van der Waals surface area contributed by atoms with Gasteiger partial charge in [-0.05, 0) is 75.5 Å². The number of nitrogens with one attached hydrogen (secondary N) is 3. The number of ether oxygens (including phenoxy) is 4. The van der Waals surface area contributed by atoms with Crippen molar-refractivity contribution in [2.24, 2.45) is 5.92 Å². The zero-order valence-corrected chi connectivity index (χ0v) is 44.2. The summed E-state index contributed by atoms with van der Waals surface area (Å²) in [6, 6.07) is 26.4. The molecule has 0 bridgehead atoms. The number of hydrogen-bond donors (Lipinski definition) is 5. The molecular weight excluding hydrogens is 1020 g/mol. The van der Waals surface area contributed by atoms with E-state index in [0.717, 1.165) is 18.5 Å². The van der Waals surface area contributed by atoms with Crippen molar-refractivity contribution in [1.29, 1.82) is 0 Å². The maximum absolute atomic E-state index is 13.6. The average Bonchev–Trinajstić information content (AvgIpc) is 3.78. The monoisotopic (exact) mass is 1090 g/mol. The van der Waals surface area contributed by atoms with E-state index in [0.29, 0.717) is 128 Å². The summed E-state index contributed by atoms with van der Waals surface area (Å²) in [5.41, 5.74) is 2.10. The van der Waals surface area contributed by atoms with E-state index in [1.807, 2.05) is 23.1 Å². The second kappa shape index (κ2) is 27.5. The number of aliphatic hydroxyl groups excluding tert-OH is 2. The van der Waals surface area contributed by atoms with Crippen molar-refractivity contribution in [3.63, 3.8) is 0 Å². The van der Waals surface area contributed by atoms with E-state index in [2.05, 4.69) is 25.9 Å². The van der Waals surface area contributed by atoms with Crippen LogP contribution in [0, 0.1) is 5.92 Å². The minimum Gasteiger partial charge on any atom is -0.491 e. The molecule has 1 fully saturated rings. The minimum atomic E-state index is -4.61. The molecule has 19 nitrogen and oxygen atoms in total. The Morgan fingerprint density at radius 3 is 1.97 bits per heavy atom. The Labute approximate surface area is 446 Å². The normalized spacial score (nSPS) is 14.6. The number of alkyl halides is 3. The molecule has 1 aliphatic rings. The van der Waals surface area contributed by atoms with Crippen LogP contribution in [0.4, 0.5) is 24.8 Å². The molecule has 1 saturated heterocycles. The number of sulfone groups is 1. The first-order chi connectivity index (χ1) is 37.0. The first kappa shape index (κ1) is 57.8. The summed E-state index contributed by atoms with van der Waals surface area (Å²) in [4.78, 5) is 40.5. The Hall–Kier alpha value is -6.86. The molecule has 0 aliphatic carbocycles. The summed E-state index contributed by atoms with van der Waals surface area (Å²) in [5, 5.41) is 29.5. The van der Waals surface area contributed by atoms with Gasteiger partial charge in [-0.1, -0.05) is 36.4 Å². The number of carbonyl (C=O) groups excluding carboxylic acids is 1. The van der Waals surface area contributed by atoms with Gasteiger partial charge in [-0.3, -0.25) is 9.78 Å². The van der Waals surface area contributed by atoms with Crippen molar-refractivity contribution < 1.29 is 55.5 Å². The number of hydrogen-bond acceptors (Lipinski definition) is 18. The Morgan fingerprint density at radius 2 is 1.39 bits per heavy atom. The zero-order valence-electron chi connectivity index (χ0n) is 43.4. The van der Waals surface area contributed by atoms with E-state index < -0.39 is 33.9 Å². The predicted octanol–water partition coefficient (Wildman–Crippen LogP) is 5.49.